The van der Waals surface area contributed by atoms with E-state index in [1.54, 1.807) is 44.4 Å². The lowest BCUT2D eigenvalue weighted by molar-refractivity contribution is 0.453. The molecule has 0 radical (unpaired) electrons. The molecular formula is C19H15ClN2O2. The lowest BCUT2D eigenvalue weighted by Crippen LogP contribution is -2.12. The molecule has 0 bridgehead atoms. The molecule has 0 spiro atoms. The van der Waals surface area contributed by atoms with Crippen LogP contribution in [0, 0.1) is 11.3 Å². The number of hydrogen-bond acceptors (Lipinski definition) is 4. The third-order valence-corrected chi connectivity index (χ3v) is 4.15. The maximum absolute atomic E-state index is 9.91. The number of nitrogens with zero attached hydrogens (tertiary/aromatic N) is 2. The lowest BCUT2D eigenvalue weighted by Gasteiger charge is -2.10. The molecule has 5 heteroatoms. The van der Waals surface area contributed by atoms with Crippen molar-refractivity contribution in [3.8, 4) is 34.3 Å². The van der Waals surface area contributed by atoms with E-state index < -0.39 is 5.41 Å². The Kier molecular flexibility index (Phi) is 4.04. The molecule has 0 aliphatic heterocycles. The molecular weight excluding hydrogens is 324 g/mol. The molecule has 0 unspecified atom stereocenters. The smallest absolute Gasteiger partial charge is 0.142 e. The van der Waals surface area contributed by atoms with Gasteiger partial charge in [-0.25, -0.2) is 0 Å². The van der Waals surface area contributed by atoms with Gasteiger partial charge in [-0.1, -0.05) is 17.7 Å². The lowest BCUT2D eigenvalue weighted by atomic mass is 9.91. The van der Waals surface area contributed by atoms with Crippen LogP contribution in [0.15, 0.2) is 53.2 Å². The summed E-state index contributed by atoms with van der Waals surface area (Å²) in [4.78, 5) is 4.02. The molecule has 3 aromatic rings. The molecule has 0 aliphatic carbocycles. The number of phenolic OH excluding ortho intramolecular Hbond substituents is 1. The Morgan fingerprint density at radius 3 is 2.46 bits per heavy atom. The second kappa shape index (κ2) is 6.03. The van der Waals surface area contributed by atoms with Crippen LogP contribution < -0.4 is 0 Å². The second-order valence-electron chi connectivity index (χ2n) is 5.99. The zero-order valence-electron chi connectivity index (χ0n) is 13.2. The zero-order chi connectivity index (χ0) is 17.3. The number of furan rings is 1. The minimum atomic E-state index is -0.769. The molecule has 0 fully saturated rings. The van der Waals surface area contributed by atoms with Crippen LogP contribution in [0.5, 0.6) is 5.75 Å². The maximum Gasteiger partial charge on any atom is 0.142 e. The summed E-state index contributed by atoms with van der Waals surface area (Å²) in [7, 11) is 0. The van der Waals surface area contributed by atoms with E-state index in [0.717, 1.165) is 16.7 Å². The van der Waals surface area contributed by atoms with Crippen LogP contribution in [0.3, 0.4) is 0 Å². The predicted molar refractivity (Wildman–Crippen MR) is 92.7 cm³/mol. The molecule has 4 nitrogen and oxygen atoms in total. The van der Waals surface area contributed by atoms with Crippen molar-refractivity contribution in [2.45, 2.75) is 19.3 Å². The Morgan fingerprint density at radius 1 is 1.12 bits per heavy atom. The van der Waals surface area contributed by atoms with E-state index in [-0.39, 0.29) is 10.8 Å². The zero-order valence-corrected chi connectivity index (χ0v) is 14.0. The fraction of sp³-hybridized carbons (Fsp3) is 0.158. The van der Waals surface area contributed by atoms with Crippen molar-refractivity contribution in [1.82, 2.24) is 4.98 Å². The molecule has 3 rings (SSSR count). The molecule has 0 aliphatic rings. The van der Waals surface area contributed by atoms with Crippen molar-refractivity contribution in [3.63, 3.8) is 0 Å². The van der Waals surface area contributed by atoms with E-state index in [1.807, 2.05) is 18.2 Å². The number of pyridine rings is 1. The van der Waals surface area contributed by atoms with E-state index in [9.17, 15) is 10.4 Å². The van der Waals surface area contributed by atoms with Crippen molar-refractivity contribution in [2.24, 2.45) is 0 Å². The molecule has 0 amide bonds. The average molecular weight is 339 g/mol. The molecule has 1 N–H and O–H groups in total. The first-order valence-corrected chi connectivity index (χ1v) is 7.75. The first-order chi connectivity index (χ1) is 11.4. The third-order valence-electron chi connectivity index (χ3n) is 3.83. The van der Waals surface area contributed by atoms with Gasteiger partial charge in [0, 0.05) is 23.5 Å². The van der Waals surface area contributed by atoms with E-state index in [4.69, 9.17) is 16.0 Å². The van der Waals surface area contributed by atoms with Crippen molar-refractivity contribution >= 4 is 11.6 Å². The number of nitriles is 1. The van der Waals surface area contributed by atoms with Crippen LogP contribution in [0.25, 0.3) is 22.5 Å². The second-order valence-corrected chi connectivity index (χ2v) is 6.40. The van der Waals surface area contributed by atoms with E-state index in [1.165, 1.54) is 0 Å². The van der Waals surface area contributed by atoms with Gasteiger partial charge >= 0.3 is 0 Å². The fourth-order valence-electron chi connectivity index (χ4n) is 2.37. The first kappa shape index (κ1) is 16.1. The number of phenols is 1. The largest absolute Gasteiger partial charge is 0.506 e. The van der Waals surface area contributed by atoms with Crippen molar-refractivity contribution in [1.29, 1.82) is 5.26 Å². The summed E-state index contributed by atoms with van der Waals surface area (Å²) in [5.41, 5.74) is 1.61. The summed E-state index contributed by atoms with van der Waals surface area (Å²) in [6.45, 7) is 3.59. The Hall–Kier alpha value is -2.77. The SMILES string of the molecule is CC(C)(C#N)c1cc(-c2ccc(Cl)c(O)c2)c(-c2ccncc2)o1. The number of aromatic nitrogens is 1. The number of aromatic hydroxyl groups is 1. The van der Waals surface area contributed by atoms with Crippen LogP contribution in [-0.2, 0) is 5.41 Å². The fourth-order valence-corrected chi connectivity index (χ4v) is 2.48. The van der Waals surface area contributed by atoms with Gasteiger partial charge < -0.3 is 9.52 Å². The Bertz CT molecular complexity index is 924. The van der Waals surface area contributed by atoms with Gasteiger partial charge in [0.2, 0.25) is 0 Å². The van der Waals surface area contributed by atoms with E-state index in [0.29, 0.717) is 11.5 Å². The van der Waals surface area contributed by atoms with Gasteiger partial charge in [-0.2, -0.15) is 5.26 Å². The molecule has 0 atom stereocenters. The molecule has 2 aromatic heterocycles. The predicted octanol–water partition coefficient (Wildman–Crippen LogP) is 5.17. The highest BCUT2D eigenvalue weighted by Gasteiger charge is 2.27. The number of halogens is 1. The Labute approximate surface area is 145 Å². The van der Waals surface area contributed by atoms with Gasteiger partial charge in [0.15, 0.2) is 0 Å². The minimum Gasteiger partial charge on any atom is -0.506 e. The van der Waals surface area contributed by atoms with Crippen molar-refractivity contribution in [2.75, 3.05) is 0 Å². The van der Waals surface area contributed by atoms with Gasteiger partial charge in [-0.15, -0.1) is 0 Å². The standard InChI is InChI=1S/C19H15ClN2O2/c1-19(2,11-21)17-10-14(13-3-4-15(20)16(23)9-13)18(24-17)12-5-7-22-8-6-12/h3-10,23H,1-2H3. The summed E-state index contributed by atoms with van der Waals surface area (Å²) in [6.07, 6.45) is 3.35. The highest BCUT2D eigenvalue weighted by Crippen LogP contribution is 2.40. The van der Waals surface area contributed by atoms with Crippen LogP contribution in [-0.4, -0.2) is 10.1 Å². The summed E-state index contributed by atoms with van der Waals surface area (Å²) >= 11 is 5.90. The monoisotopic (exact) mass is 338 g/mol. The summed E-state index contributed by atoms with van der Waals surface area (Å²) in [5.74, 6) is 1.18. The van der Waals surface area contributed by atoms with Crippen LogP contribution in [0.4, 0.5) is 0 Å². The number of hydrogen-bond donors (Lipinski definition) is 1. The van der Waals surface area contributed by atoms with Gasteiger partial charge in [0.05, 0.1) is 11.1 Å². The van der Waals surface area contributed by atoms with Crippen LogP contribution in [0.2, 0.25) is 5.02 Å². The summed E-state index contributed by atoms with van der Waals surface area (Å²) in [5, 5.41) is 19.6. The van der Waals surface area contributed by atoms with E-state index >= 15 is 0 Å². The number of benzene rings is 1. The summed E-state index contributed by atoms with van der Waals surface area (Å²) < 4.78 is 6.02. The molecule has 2 heterocycles. The van der Waals surface area contributed by atoms with Crippen molar-refractivity contribution < 1.29 is 9.52 Å². The van der Waals surface area contributed by atoms with Crippen LogP contribution >= 0.6 is 11.6 Å². The highest BCUT2D eigenvalue weighted by atomic mass is 35.5. The Balaban J connectivity index is 2.24. The minimum absolute atomic E-state index is 0.00265. The molecule has 24 heavy (non-hydrogen) atoms. The highest BCUT2D eigenvalue weighted by molar-refractivity contribution is 6.32. The van der Waals surface area contributed by atoms with Gasteiger partial charge in [-0.3, -0.25) is 4.98 Å². The quantitative estimate of drug-likeness (QED) is 0.715. The molecule has 0 saturated heterocycles. The van der Waals surface area contributed by atoms with Crippen molar-refractivity contribution in [3.05, 3.63) is 59.6 Å². The van der Waals surface area contributed by atoms with Gasteiger partial charge in [0.25, 0.3) is 0 Å². The molecule has 1 aromatic carbocycles. The maximum atomic E-state index is 9.91. The normalized spacial score (nSPS) is 11.2. The van der Waals surface area contributed by atoms with E-state index in [2.05, 4.69) is 11.1 Å². The average Bonchev–Trinajstić information content (AvgIpc) is 3.04. The van der Waals surface area contributed by atoms with Gasteiger partial charge in [0.1, 0.15) is 22.7 Å². The molecule has 120 valence electrons. The number of rotatable bonds is 3. The topological polar surface area (TPSA) is 70.0 Å². The Morgan fingerprint density at radius 2 is 1.83 bits per heavy atom. The third kappa shape index (κ3) is 2.86. The summed E-state index contributed by atoms with van der Waals surface area (Å²) in [6, 6.07) is 12.8. The van der Waals surface area contributed by atoms with Gasteiger partial charge in [-0.05, 0) is 49.7 Å². The molecule has 0 saturated carbocycles. The first-order valence-electron chi connectivity index (χ1n) is 7.37. The van der Waals surface area contributed by atoms with Crippen LogP contribution in [0.1, 0.15) is 19.6 Å².